The minimum atomic E-state index is -0.0664. The Morgan fingerprint density at radius 1 is 1.28 bits per heavy atom. The van der Waals surface area contributed by atoms with Gasteiger partial charge in [-0.25, -0.2) is 9.97 Å². The molecule has 0 unspecified atom stereocenters. The molecule has 0 atom stereocenters. The number of likely N-dealkylation sites (N-methyl/N-ethyl adjacent to an activating group) is 1. The number of ether oxygens (including phenoxy) is 1. The predicted molar refractivity (Wildman–Crippen MR) is 96.7 cm³/mol. The van der Waals surface area contributed by atoms with Crippen molar-refractivity contribution in [2.75, 3.05) is 26.0 Å². The number of para-hydroxylation sites is 1. The lowest BCUT2D eigenvalue weighted by atomic mass is 10.2. The van der Waals surface area contributed by atoms with Gasteiger partial charge in [0.25, 0.3) is 5.91 Å². The largest absolute Gasteiger partial charge is 0.483 e. The van der Waals surface area contributed by atoms with Gasteiger partial charge in [-0.05, 0) is 25.8 Å². The van der Waals surface area contributed by atoms with E-state index in [0.717, 1.165) is 22.9 Å². The summed E-state index contributed by atoms with van der Waals surface area (Å²) < 4.78 is 5.68. The first-order chi connectivity index (χ1) is 12.0. The minimum Gasteiger partial charge on any atom is -0.483 e. The number of carbonyl (C=O) groups is 1. The molecule has 1 aromatic heterocycles. The van der Waals surface area contributed by atoms with Crippen molar-refractivity contribution < 1.29 is 9.53 Å². The topological polar surface area (TPSA) is 67.4 Å². The molecule has 1 fully saturated rings. The summed E-state index contributed by atoms with van der Waals surface area (Å²) >= 11 is 0. The highest BCUT2D eigenvalue weighted by atomic mass is 16.5. The fraction of sp³-hybridized carbons (Fsp3) is 0.421. The van der Waals surface area contributed by atoms with Gasteiger partial charge in [0.2, 0.25) is 0 Å². The summed E-state index contributed by atoms with van der Waals surface area (Å²) in [6.07, 6.45) is 2.43. The van der Waals surface area contributed by atoms with Crippen LogP contribution in [0.15, 0.2) is 30.3 Å². The normalized spacial score (nSPS) is 13.4. The zero-order valence-electron chi connectivity index (χ0n) is 15.0. The minimum absolute atomic E-state index is 0.0302. The van der Waals surface area contributed by atoms with Crippen LogP contribution in [0.4, 0.5) is 5.82 Å². The molecule has 0 radical (unpaired) electrons. The summed E-state index contributed by atoms with van der Waals surface area (Å²) in [6, 6.07) is 9.75. The molecule has 25 heavy (non-hydrogen) atoms. The molecule has 0 aliphatic heterocycles. The molecule has 0 spiro atoms. The molecule has 1 aliphatic rings. The maximum absolute atomic E-state index is 11.7. The van der Waals surface area contributed by atoms with E-state index < -0.39 is 0 Å². The van der Waals surface area contributed by atoms with Gasteiger partial charge in [-0.3, -0.25) is 4.79 Å². The van der Waals surface area contributed by atoms with E-state index in [2.05, 4.69) is 15.3 Å². The van der Waals surface area contributed by atoms with Crippen molar-refractivity contribution in [1.29, 1.82) is 0 Å². The molecule has 1 aromatic carbocycles. The van der Waals surface area contributed by atoms with Crippen LogP contribution in [0.3, 0.4) is 0 Å². The van der Waals surface area contributed by atoms with Gasteiger partial charge in [0.1, 0.15) is 17.4 Å². The molecule has 1 heterocycles. The number of rotatable bonds is 7. The number of carbonyl (C=O) groups excluding carboxylic acids is 1. The molecular formula is C19H24N4O2. The Labute approximate surface area is 148 Å². The third-order valence-corrected chi connectivity index (χ3v) is 4.14. The maximum Gasteiger partial charge on any atom is 0.259 e. The van der Waals surface area contributed by atoms with Gasteiger partial charge in [-0.2, -0.15) is 0 Å². The number of anilines is 1. The Morgan fingerprint density at radius 3 is 2.76 bits per heavy atom. The molecule has 1 N–H and O–H groups in total. The first kappa shape index (κ1) is 17.2. The van der Waals surface area contributed by atoms with E-state index in [1.54, 1.807) is 14.1 Å². The van der Waals surface area contributed by atoms with Gasteiger partial charge in [-0.1, -0.05) is 18.2 Å². The zero-order valence-corrected chi connectivity index (χ0v) is 15.0. The van der Waals surface area contributed by atoms with Crippen molar-refractivity contribution in [1.82, 2.24) is 14.9 Å². The van der Waals surface area contributed by atoms with Gasteiger partial charge in [0, 0.05) is 43.9 Å². The number of nitrogens with one attached hydrogen (secondary N) is 1. The summed E-state index contributed by atoms with van der Waals surface area (Å²) in [5, 5.41) is 3.35. The molecule has 0 saturated heterocycles. The number of nitrogens with zero attached hydrogens (tertiary/aromatic N) is 3. The van der Waals surface area contributed by atoms with E-state index in [-0.39, 0.29) is 12.5 Å². The van der Waals surface area contributed by atoms with Crippen molar-refractivity contribution in [2.45, 2.75) is 32.2 Å². The molecule has 1 aliphatic carbocycles. The third kappa shape index (κ3) is 4.68. The first-order valence-electron chi connectivity index (χ1n) is 8.53. The van der Waals surface area contributed by atoms with Crippen LogP contribution in [0.5, 0.6) is 5.75 Å². The average Bonchev–Trinajstić information content (AvgIpc) is 3.43. The Balaban J connectivity index is 1.66. The lowest BCUT2D eigenvalue weighted by Gasteiger charge is -2.15. The van der Waals surface area contributed by atoms with E-state index in [4.69, 9.17) is 4.74 Å². The van der Waals surface area contributed by atoms with Crippen LogP contribution < -0.4 is 10.1 Å². The number of benzene rings is 1. The summed E-state index contributed by atoms with van der Waals surface area (Å²) in [7, 11) is 3.43. The van der Waals surface area contributed by atoms with Crippen LogP contribution in [0.2, 0.25) is 0 Å². The lowest BCUT2D eigenvalue weighted by Crippen LogP contribution is -2.27. The Morgan fingerprint density at radius 2 is 2.04 bits per heavy atom. The second kappa shape index (κ2) is 7.51. The Bertz CT molecular complexity index is 757. The summed E-state index contributed by atoms with van der Waals surface area (Å²) in [4.78, 5) is 22.2. The van der Waals surface area contributed by atoms with E-state index in [1.165, 1.54) is 17.7 Å². The van der Waals surface area contributed by atoms with Crippen LogP contribution in [0.25, 0.3) is 0 Å². The Hall–Kier alpha value is -2.63. The van der Waals surface area contributed by atoms with Gasteiger partial charge < -0.3 is 15.0 Å². The summed E-state index contributed by atoms with van der Waals surface area (Å²) in [6.45, 7) is 2.52. The average molecular weight is 340 g/mol. The molecule has 1 saturated carbocycles. The summed E-state index contributed by atoms with van der Waals surface area (Å²) in [5.41, 5.74) is 2.11. The molecule has 0 bridgehead atoms. The SMILES string of the molecule is Cc1nc(NCc2ccccc2OCC(=O)N(C)C)cc(C2CC2)n1. The van der Waals surface area contributed by atoms with Gasteiger partial charge in [-0.15, -0.1) is 0 Å². The standard InChI is InChI=1S/C19H24N4O2/c1-13-21-16(14-8-9-14)10-18(22-13)20-11-15-6-4-5-7-17(15)25-12-19(24)23(2)3/h4-7,10,14H,8-9,11-12H2,1-3H3,(H,20,21,22). The van der Waals surface area contributed by atoms with Crippen molar-refractivity contribution in [3.05, 3.63) is 47.4 Å². The van der Waals surface area contributed by atoms with Gasteiger partial charge in [0.05, 0.1) is 0 Å². The number of aryl methyl sites for hydroxylation is 1. The fourth-order valence-electron chi connectivity index (χ4n) is 2.51. The first-order valence-corrected chi connectivity index (χ1v) is 8.53. The van der Waals surface area contributed by atoms with Crippen LogP contribution >= 0.6 is 0 Å². The number of amides is 1. The second-order valence-corrected chi connectivity index (χ2v) is 6.54. The van der Waals surface area contributed by atoms with Crippen molar-refractivity contribution in [3.63, 3.8) is 0 Å². The molecule has 6 nitrogen and oxygen atoms in total. The third-order valence-electron chi connectivity index (χ3n) is 4.14. The second-order valence-electron chi connectivity index (χ2n) is 6.54. The highest BCUT2D eigenvalue weighted by Gasteiger charge is 2.25. The summed E-state index contributed by atoms with van der Waals surface area (Å²) in [5.74, 6) is 2.85. The van der Waals surface area contributed by atoms with Gasteiger partial charge in [0.15, 0.2) is 6.61 Å². The van der Waals surface area contributed by atoms with Crippen molar-refractivity contribution >= 4 is 11.7 Å². The van der Waals surface area contributed by atoms with Crippen LogP contribution in [-0.2, 0) is 11.3 Å². The lowest BCUT2D eigenvalue weighted by molar-refractivity contribution is -0.130. The predicted octanol–water partition coefficient (Wildman–Crippen LogP) is 2.74. The maximum atomic E-state index is 11.7. The van der Waals surface area contributed by atoms with E-state index in [0.29, 0.717) is 18.2 Å². The van der Waals surface area contributed by atoms with Crippen LogP contribution in [0, 0.1) is 6.92 Å². The van der Waals surface area contributed by atoms with Crippen LogP contribution in [-0.4, -0.2) is 41.5 Å². The van der Waals surface area contributed by atoms with Crippen molar-refractivity contribution in [2.24, 2.45) is 0 Å². The monoisotopic (exact) mass is 340 g/mol. The molecular weight excluding hydrogens is 316 g/mol. The number of hydrogen-bond donors (Lipinski definition) is 1. The smallest absolute Gasteiger partial charge is 0.259 e. The van der Waals surface area contributed by atoms with Crippen LogP contribution in [0.1, 0.15) is 35.8 Å². The van der Waals surface area contributed by atoms with E-state index in [1.807, 2.05) is 37.3 Å². The number of aromatic nitrogens is 2. The fourth-order valence-corrected chi connectivity index (χ4v) is 2.51. The Kier molecular flexibility index (Phi) is 5.16. The quantitative estimate of drug-likeness (QED) is 0.839. The number of hydrogen-bond acceptors (Lipinski definition) is 5. The highest BCUT2D eigenvalue weighted by Crippen LogP contribution is 2.39. The molecule has 2 aromatic rings. The molecule has 132 valence electrons. The van der Waals surface area contributed by atoms with E-state index >= 15 is 0 Å². The van der Waals surface area contributed by atoms with Gasteiger partial charge >= 0.3 is 0 Å². The molecule has 3 rings (SSSR count). The zero-order chi connectivity index (χ0) is 17.8. The van der Waals surface area contributed by atoms with E-state index in [9.17, 15) is 4.79 Å². The van der Waals surface area contributed by atoms with Crippen molar-refractivity contribution in [3.8, 4) is 5.75 Å². The molecule has 6 heteroatoms. The highest BCUT2D eigenvalue weighted by molar-refractivity contribution is 5.77. The molecule has 1 amide bonds.